The third kappa shape index (κ3) is 7.37. The van der Waals surface area contributed by atoms with Crippen LogP contribution in [0.15, 0.2) is 146 Å². The van der Waals surface area contributed by atoms with Crippen molar-refractivity contribution in [2.75, 3.05) is 0 Å². The number of nitrogens with zero attached hydrogens (tertiary/aromatic N) is 2. The Kier molecular flexibility index (Phi) is 10.3. The first-order chi connectivity index (χ1) is 31.2. The largest absolute Gasteiger partial charge is 0.265 e. The highest BCUT2D eigenvalue weighted by Crippen LogP contribution is 2.50. The van der Waals surface area contributed by atoms with Gasteiger partial charge < -0.3 is 0 Å². The van der Waals surface area contributed by atoms with Crippen molar-refractivity contribution in [2.24, 2.45) is 0 Å². The molecule has 10 rings (SSSR count). The third-order valence-electron chi connectivity index (χ3n) is 13.9. The molecule has 0 saturated heterocycles. The standard InChI is InChI=1S/C63H57N2/c1-38-31-46(62(5,6)7)32-39(2)58(38)60-50-17-13-11-15-48(50)56(49-16-12-14-18-51(49)60)37-57-54-35-44(42-23-27-64-28-24-42)19-21-52(54)61(59-40(3)33-47(34-41(59)4)63(8,9)10)53-22-20-45(36-55(53)57)43-25-29-65-30-26-43/h11-36,61H,1-10H3/q+1. The Morgan fingerprint density at radius 2 is 1.02 bits per heavy atom. The van der Waals surface area contributed by atoms with Crippen LogP contribution in [0.1, 0.15) is 114 Å². The Morgan fingerprint density at radius 3 is 1.52 bits per heavy atom. The van der Waals surface area contributed by atoms with Gasteiger partial charge in [-0.25, -0.2) is 0 Å². The molecule has 0 radical (unpaired) electrons. The van der Waals surface area contributed by atoms with Crippen LogP contribution < -0.4 is 10.4 Å². The maximum atomic E-state index is 4.38. The van der Waals surface area contributed by atoms with Crippen LogP contribution in [0, 0.1) is 34.1 Å². The fourth-order valence-electron chi connectivity index (χ4n) is 10.6. The van der Waals surface area contributed by atoms with Crippen molar-refractivity contribution in [2.45, 2.75) is 86.0 Å². The summed E-state index contributed by atoms with van der Waals surface area (Å²) in [4.78, 5) is 8.77. The number of hydrogen-bond acceptors (Lipinski definition) is 2. The summed E-state index contributed by atoms with van der Waals surface area (Å²) in [5.74, 6) is 0.00966. The summed E-state index contributed by atoms with van der Waals surface area (Å²) in [5, 5.41) is 4.73. The van der Waals surface area contributed by atoms with Crippen LogP contribution in [0.25, 0.3) is 61.5 Å². The molecule has 0 bridgehead atoms. The maximum absolute atomic E-state index is 4.38. The van der Waals surface area contributed by atoms with Gasteiger partial charge in [0.15, 0.2) is 0 Å². The first-order valence-corrected chi connectivity index (χ1v) is 23.1. The maximum Gasteiger partial charge on any atom is 0.113 e. The van der Waals surface area contributed by atoms with E-state index >= 15 is 0 Å². The molecule has 0 N–H and O–H groups in total. The van der Waals surface area contributed by atoms with E-state index in [2.05, 4.69) is 219 Å². The Balaban J connectivity index is 1.37. The van der Waals surface area contributed by atoms with Crippen LogP contribution in [0.5, 0.6) is 0 Å². The SMILES string of the molecule is Cc1cc(C(C)(C)C)cc(C)c1-c1c2c(c(=C=C3c4cc(-c5ccncc5)ccc4C(c4c(C)cc(C(C)(C)C)cc4C)c4ccc(-c5ccncc5)cc43)c3ccccc13)=CC=C[CH+]2. The highest BCUT2D eigenvalue weighted by molar-refractivity contribution is 6.03. The number of hydrogen-bond donors (Lipinski definition) is 0. The molecule has 2 heterocycles. The van der Waals surface area contributed by atoms with Crippen LogP contribution in [0.4, 0.5) is 0 Å². The van der Waals surface area contributed by atoms with Crippen molar-refractivity contribution in [3.05, 3.63) is 230 Å². The number of aryl methyl sites for hydroxylation is 4. The molecule has 0 spiro atoms. The lowest BCUT2D eigenvalue weighted by Gasteiger charge is -2.33. The van der Waals surface area contributed by atoms with Crippen molar-refractivity contribution in [1.29, 1.82) is 0 Å². The summed E-state index contributed by atoms with van der Waals surface area (Å²) in [6.07, 6.45) is 16.6. The van der Waals surface area contributed by atoms with E-state index in [0.29, 0.717) is 0 Å². The molecule has 2 aliphatic carbocycles. The number of pyridine rings is 2. The minimum Gasteiger partial charge on any atom is -0.265 e. The van der Waals surface area contributed by atoms with Gasteiger partial charge in [-0.1, -0.05) is 114 Å². The Labute approximate surface area is 385 Å². The van der Waals surface area contributed by atoms with Crippen molar-refractivity contribution in [3.8, 4) is 33.4 Å². The smallest absolute Gasteiger partial charge is 0.113 e. The number of fused-ring (bicyclic) bond motifs is 4. The molecule has 65 heavy (non-hydrogen) atoms. The molecule has 0 amide bonds. The minimum absolute atomic E-state index is 0.00966. The predicted molar refractivity (Wildman–Crippen MR) is 275 cm³/mol. The van der Waals surface area contributed by atoms with Gasteiger partial charge in [0.2, 0.25) is 0 Å². The minimum atomic E-state index is 0.00966. The molecule has 2 heteroatoms. The zero-order chi connectivity index (χ0) is 45.4. The Bertz CT molecular complexity index is 3280. The first kappa shape index (κ1) is 42.0. The lowest BCUT2D eigenvalue weighted by molar-refractivity contribution is 0.588. The molecule has 2 nitrogen and oxygen atoms in total. The highest BCUT2D eigenvalue weighted by Gasteiger charge is 2.34. The van der Waals surface area contributed by atoms with Crippen molar-refractivity contribution in [3.63, 3.8) is 0 Å². The zero-order valence-electron chi connectivity index (χ0n) is 39.5. The third-order valence-corrected chi connectivity index (χ3v) is 13.9. The van der Waals surface area contributed by atoms with Crippen LogP contribution in [-0.2, 0) is 10.8 Å². The number of rotatable bonds is 4. The topological polar surface area (TPSA) is 25.8 Å². The van der Waals surface area contributed by atoms with Gasteiger partial charge in [-0.15, -0.1) is 0 Å². The Hall–Kier alpha value is -6.99. The molecule has 0 fully saturated rings. The molecule has 0 aliphatic heterocycles. The van der Waals surface area contributed by atoms with Gasteiger partial charge in [-0.2, -0.15) is 0 Å². The summed E-state index contributed by atoms with van der Waals surface area (Å²) in [6.45, 7) is 23.0. The summed E-state index contributed by atoms with van der Waals surface area (Å²) in [7, 11) is 0. The van der Waals surface area contributed by atoms with Crippen LogP contribution >= 0.6 is 0 Å². The summed E-state index contributed by atoms with van der Waals surface area (Å²) < 4.78 is 0. The van der Waals surface area contributed by atoms with E-state index in [4.69, 9.17) is 0 Å². The fourth-order valence-corrected chi connectivity index (χ4v) is 10.6. The number of aromatic nitrogens is 2. The van der Waals surface area contributed by atoms with Gasteiger partial charge in [0.25, 0.3) is 0 Å². The monoisotopic (exact) mass is 841 g/mol. The van der Waals surface area contributed by atoms with E-state index in [1.54, 1.807) is 0 Å². The fraction of sp³-hybridized carbons (Fsp3) is 0.206. The quantitative estimate of drug-likeness (QED) is 0.165. The second kappa shape index (κ2) is 15.9. The van der Waals surface area contributed by atoms with Gasteiger partial charge >= 0.3 is 0 Å². The lowest BCUT2D eigenvalue weighted by Crippen LogP contribution is -2.31. The molecule has 6 aromatic carbocycles. The van der Waals surface area contributed by atoms with Crippen LogP contribution in [-0.4, -0.2) is 9.97 Å². The van der Waals surface area contributed by atoms with E-state index in [0.717, 1.165) is 33.0 Å². The molecule has 2 aromatic heterocycles. The average molecular weight is 842 g/mol. The summed E-state index contributed by atoms with van der Waals surface area (Å²) >= 11 is 0. The zero-order valence-corrected chi connectivity index (χ0v) is 39.5. The Morgan fingerprint density at radius 1 is 0.523 bits per heavy atom. The van der Waals surface area contributed by atoms with Crippen LogP contribution in [0.3, 0.4) is 0 Å². The molecule has 0 saturated carbocycles. The van der Waals surface area contributed by atoms with E-state index in [1.807, 2.05) is 24.8 Å². The number of benzene rings is 6. The van der Waals surface area contributed by atoms with Gasteiger partial charge in [-0.05, 0) is 164 Å². The molecular weight excluding hydrogens is 785 g/mol. The first-order valence-electron chi connectivity index (χ1n) is 23.1. The molecule has 0 atom stereocenters. The van der Waals surface area contributed by atoms with Gasteiger partial charge in [0, 0.05) is 77.3 Å². The second-order valence-corrected chi connectivity index (χ2v) is 20.4. The second-order valence-electron chi connectivity index (χ2n) is 20.4. The average Bonchev–Trinajstić information content (AvgIpc) is 3.29. The normalized spacial score (nSPS) is 14.2. The predicted octanol–water partition coefficient (Wildman–Crippen LogP) is 14.4. The lowest BCUT2D eigenvalue weighted by atomic mass is 9.69. The molecule has 0 unspecified atom stereocenters. The van der Waals surface area contributed by atoms with E-state index in [-0.39, 0.29) is 16.7 Å². The van der Waals surface area contributed by atoms with Gasteiger partial charge in [0.1, 0.15) is 5.56 Å². The highest BCUT2D eigenvalue weighted by atomic mass is 14.6. The van der Waals surface area contributed by atoms with Gasteiger partial charge in [0.05, 0.1) is 16.0 Å². The summed E-state index contributed by atoms with van der Waals surface area (Å²) in [6, 6.07) is 41.3. The molecular formula is C63H57N2+. The van der Waals surface area contributed by atoms with E-state index in [1.165, 1.54) is 93.9 Å². The van der Waals surface area contributed by atoms with Gasteiger partial charge in [-0.3, -0.25) is 9.97 Å². The molecule has 2 aliphatic rings. The van der Waals surface area contributed by atoms with E-state index < -0.39 is 0 Å². The van der Waals surface area contributed by atoms with Crippen molar-refractivity contribution >= 4 is 28.2 Å². The number of allylic oxidation sites excluding steroid dienone is 2. The summed E-state index contributed by atoms with van der Waals surface area (Å²) in [5.41, 5.74) is 28.2. The molecule has 318 valence electrons. The van der Waals surface area contributed by atoms with Crippen molar-refractivity contribution < 1.29 is 0 Å². The van der Waals surface area contributed by atoms with Crippen molar-refractivity contribution in [1.82, 2.24) is 9.97 Å². The van der Waals surface area contributed by atoms with E-state index in [9.17, 15) is 0 Å². The van der Waals surface area contributed by atoms with Crippen LogP contribution in [0.2, 0.25) is 0 Å². The molecule has 8 aromatic rings.